The molecule has 0 spiro atoms. The second-order valence-electron chi connectivity index (χ2n) is 4.93. The molecule has 2 aromatic rings. The van der Waals surface area contributed by atoms with Gasteiger partial charge in [-0.15, -0.1) is 0 Å². The monoisotopic (exact) mass is 339 g/mol. The Balaban J connectivity index is 2.36. The number of hydrogen-bond donors (Lipinski definition) is 1. The molecule has 0 amide bonds. The highest BCUT2D eigenvalue weighted by Gasteiger charge is 2.27. The van der Waals surface area contributed by atoms with E-state index in [4.69, 9.17) is 5.73 Å². The number of rotatable bonds is 4. The van der Waals surface area contributed by atoms with Crippen molar-refractivity contribution in [2.45, 2.75) is 25.3 Å². The Morgan fingerprint density at radius 1 is 1.10 bits per heavy atom. The molecule has 2 rings (SSSR count). The fourth-order valence-electron chi connectivity index (χ4n) is 2.23. The van der Waals surface area contributed by atoms with Crippen molar-refractivity contribution in [2.75, 3.05) is 0 Å². The summed E-state index contributed by atoms with van der Waals surface area (Å²) in [6.07, 6.45) is 1.16. The molecule has 0 aliphatic rings. The van der Waals surface area contributed by atoms with Crippen LogP contribution in [0.15, 0.2) is 46.9 Å². The topological polar surface area (TPSA) is 26.0 Å². The fourth-order valence-corrected chi connectivity index (χ4v) is 2.73. The van der Waals surface area contributed by atoms with Crippen molar-refractivity contribution in [3.8, 4) is 0 Å². The van der Waals surface area contributed by atoms with Gasteiger partial charge in [-0.3, -0.25) is 0 Å². The zero-order valence-electron chi connectivity index (χ0n) is 11.2. The van der Waals surface area contributed by atoms with Crippen molar-refractivity contribution in [2.24, 2.45) is 5.73 Å². The smallest absolute Gasteiger partial charge is 0.124 e. The molecule has 0 aliphatic carbocycles. The first-order valence-electron chi connectivity index (χ1n) is 6.43. The van der Waals surface area contributed by atoms with E-state index < -0.39 is 5.54 Å². The normalized spacial score (nSPS) is 14.1. The maximum atomic E-state index is 13.4. The van der Waals surface area contributed by atoms with Gasteiger partial charge < -0.3 is 5.73 Å². The van der Waals surface area contributed by atoms with Crippen molar-refractivity contribution in [3.63, 3.8) is 0 Å². The van der Waals surface area contributed by atoms with Crippen molar-refractivity contribution >= 4 is 15.9 Å². The lowest BCUT2D eigenvalue weighted by molar-refractivity contribution is 0.421. The minimum Gasteiger partial charge on any atom is -0.321 e. The van der Waals surface area contributed by atoms with Crippen LogP contribution < -0.4 is 5.73 Å². The molecule has 2 N–H and O–H groups in total. The van der Waals surface area contributed by atoms with E-state index in [2.05, 4.69) is 15.9 Å². The maximum absolute atomic E-state index is 13.4. The molecule has 0 heterocycles. The Morgan fingerprint density at radius 3 is 2.40 bits per heavy atom. The molecule has 1 nitrogen and oxygen atoms in total. The van der Waals surface area contributed by atoms with Crippen molar-refractivity contribution < 1.29 is 8.78 Å². The van der Waals surface area contributed by atoms with Crippen LogP contribution in [0.2, 0.25) is 0 Å². The summed E-state index contributed by atoms with van der Waals surface area (Å²) >= 11 is 3.35. The quantitative estimate of drug-likeness (QED) is 0.869. The van der Waals surface area contributed by atoms with E-state index in [1.807, 2.05) is 13.0 Å². The van der Waals surface area contributed by atoms with E-state index in [0.29, 0.717) is 17.3 Å². The zero-order chi connectivity index (χ0) is 14.8. The summed E-state index contributed by atoms with van der Waals surface area (Å²) in [7, 11) is 0. The first-order valence-corrected chi connectivity index (χ1v) is 7.23. The third kappa shape index (κ3) is 3.25. The minimum absolute atomic E-state index is 0.300. The Bertz CT molecular complexity index is 615. The van der Waals surface area contributed by atoms with Gasteiger partial charge in [0, 0.05) is 10.0 Å². The lowest BCUT2D eigenvalue weighted by Crippen LogP contribution is -2.38. The first-order chi connectivity index (χ1) is 9.44. The van der Waals surface area contributed by atoms with E-state index in [9.17, 15) is 8.78 Å². The number of halogens is 3. The summed E-state index contributed by atoms with van der Waals surface area (Å²) in [6.45, 7) is 1.96. The van der Waals surface area contributed by atoms with Gasteiger partial charge in [0.1, 0.15) is 11.6 Å². The van der Waals surface area contributed by atoms with E-state index in [1.165, 1.54) is 24.3 Å². The van der Waals surface area contributed by atoms with E-state index in [-0.39, 0.29) is 11.6 Å². The first kappa shape index (κ1) is 15.1. The highest BCUT2D eigenvalue weighted by molar-refractivity contribution is 9.10. The van der Waals surface area contributed by atoms with Crippen LogP contribution in [-0.2, 0) is 12.0 Å². The second kappa shape index (κ2) is 6.02. The summed E-state index contributed by atoms with van der Waals surface area (Å²) in [5.41, 5.74) is 7.42. The standard InChI is InChI=1S/C16H16BrF2N/c1-2-16(20,12-4-3-5-13(18)8-12)10-11-6-7-14(19)9-15(11)17/h3-9H,2,10,20H2,1H3. The molecule has 0 saturated heterocycles. The fraction of sp³-hybridized carbons (Fsp3) is 0.250. The highest BCUT2D eigenvalue weighted by Crippen LogP contribution is 2.30. The molecular weight excluding hydrogens is 324 g/mol. The predicted molar refractivity (Wildman–Crippen MR) is 80.4 cm³/mol. The summed E-state index contributed by atoms with van der Waals surface area (Å²) < 4.78 is 27.2. The van der Waals surface area contributed by atoms with Gasteiger partial charge >= 0.3 is 0 Å². The Labute approximate surface area is 125 Å². The van der Waals surface area contributed by atoms with Crippen molar-refractivity contribution in [3.05, 3.63) is 69.7 Å². The van der Waals surface area contributed by atoms with Gasteiger partial charge in [0.15, 0.2) is 0 Å². The van der Waals surface area contributed by atoms with Gasteiger partial charge in [-0.25, -0.2) is 8.78 Å². The Morgan fingerprint density at radius 2 is 1.80 bits per heavy atom. The Kier molecular flexibility index (Phi) is 4.55. The molecule has 106 valence electrons. The average molecular weight is 340 g/mol. The van der Waals surface area contributed by atoms with Crippen molar-refractivity contribution in [1.29, 1.82) is 0 Å². The Hall–Kier alpha value is -1.26. The summed E-state index contributed by atoms with van der Waals surface area (Å²) in [4.78, 5) is 0. The summed E-state index contributed by atoms with van der Waals surface area (Å²) in [5, 5.41) is 0. The molecule has 2 aromatic carbocycles. The van der Waals surface area contributed by atoms with Gasteiger partial charge in [-0.1, -0.05) is 41.1 Å². The molecule has 0 saturated carbocycles. The van der Waals surface area contributed by atoms with Gasteiger partial charge in [0.25, 0.3) is 0 Å². The van der Waals surface area contributed by atoms with Gasteiger partial charge in [-0.05, 0) is 48.2 Å². The van der Waals surface area contributed by atoms with Gasteiger partial charge in [-0.2, -0.15) is 0 Å². The average Bonchev–Trinajstić information content (AvgIpc) is 2.42. The minimum atomic E-state index is -0.678. The lowest BCUT2D eigenvalue weighted by atomic mass is 9.82. The van der Waals surface area contributed by atoms with Crippen LogP contribution in [-0.4, -0.2) is 0 Å². The van der Waals surface area contributed by atoms with Crippen LogP contribution in [0.4, 0.5) is 8.78 Å². The van der Waals surface area contributed by atoms with E-state index in [1.54, 1.807) is 12.1 Å². The molecule has 4 heteroatoms. The summed E-state index contributed by atoms with van der Waals surface area (Å²) in [5.74, 6) is -0.602. The molecule has 1 unspecified atom stereocenters. The third-order valence-corrected chi connectivity index (χ3v) is 4.29. The largest absolute Gasteiger partial charge is 0.321 e. The molecule has 0 fully saturated rings. The number of nitrogens with two attached hydrogens (primary N) is 1. The second-order valence-corrected chi connectivity index (χ2v) is 5.79. The third-order valence-electron chi connectivity index (χ3n) is 3.55. The SMILES string of the molecule is CCC(N)(Cc1ccc(F)cc1Br)c1cccc(F)c1. The number of hydrogen-bond acceptors (Lipinski definition) is 1. The van der Waals surface area contributed by atoms with Crippen LogP contribution >= 0.6 is 15.9 Å². The van der Waals surface area contributed by atoms with E-state index >= 15 is 0 Å². The highest BCUT2D eigenvalue weighted by atomic mass is 79.9. The zero-order valence-corrected chi connectivity index (χ0v) is 12.8. The van der Waals surface area contributed by atoms with Crippen LogP contribution in [0, 0.1) is 11.6 Å². The molecule has 20 heavy (non-hydrogen) atoms. The molecule has 1 atom stereocenters. The van der Waals surface area contributed by atoms with Crippen LogP contribution in [0.1, 0.15) is 24.5 Å². The van der Waals surface area contributed by atoms with Gasteiger partial charge in [0.2, 0.25) is 0 Å². The van der Waals surface area contributed by atoms with E-state index in [0.717, 1.165) is 11.1 Å². The lowest BCUT2D eigenvalue weighted by Gasteiger charge is -2.29. The summed E-state index contributed by atoms with van der Waals surface area (Å²) in [6, 6.07) is 10.9. The predicted octanol–water partition coefficient (Wildman–Crippen LogP) is 4.53. The van der Waals surface area contributed by atoms with Crippen LogP contribution in [0.25, 0.3) is 0 Å². The van der Waals surface area contributed by atoms with Crippen LogP contribution in [0.3, 0.4) is 0 Å². The van der Waals surface area contributed by atoms with Crippen LogP contribution in [0.5, 0.6) is 0 Å². The molecule has 0 radical (unpaired) electrons. The van der Waals surface area contributed by atoms with Gasteiger partial charge in [0.05, 0.1) is 0 Å². The molecular formula is C16H16BrF2N. The van der Waals surface area contributed by atoms with Crippen molar-refractivity contribution in [1.82, 2.24) is 0 Å². The molecule has 0 aromatic heterocycles. The molecule has 0 aliphatic heterocycles. The maximum Gasteiger partial charge on any atom is 0.124 e. The number of benzene rings is 2. The molecule has 0 bridgehead atoms.